The second-order valence-corrected chi connectivity index (χ2v) is 2.08. The van der Waals surface area contributed by atoms with Crippen LogP contribution in [-0.4, -0.2) is 11.1 Å². The van der Waals surface area contributed by atoms with Crippen LogP contribution in [0.1, 0.15) is 10.4 Å². The summed E-state index contributed by atoms with van der Waals surface area (Å²) in [5, 5.41) is 7.34. The van der Waals surface area contributed by atoms with Gasteiger partial charge >= 0.3 is 5.97 Å². The topological polar surface area (TPSA) is 40.5 Å². The van der Waals surface area contributed by atoms with Gasteiger partial charge in [-0.15, -0.1) is 0 Å². The van der Waals surface area contributed by atoms with Gasteiger partial charge in [0.25, 0.3) is 0 Å². The fourth-order valence-corrected chi connectivity index (χ4v) is 0.717. The summed E-state index contributed by atoms with van der Waals surface area (Å²) < 4.78 is 23.6. The number of nitrogens with zero attached hydrogens (tertiary/aromatic N) is 1. The lowest BCUT2D eigenvalue weighted by atomic mass is 10.2. The van der Waals surface area contributed by atoms with Crippen LogP contribution in [0.5, 0.6) is 0 Å². The molecule has 1 rings (SSSR count). The third kappa shape index (κ3) is 1.69. The molecule has 3 nitrogen and oxygen atoms in total. The lowest BCUT2D eigenvalue weighted by Gasteiger charge is -2.00. The summed E-state index contributed by atoms with van der Waals surface area (Å²) in [6, 6.07) is 4.29. The molecule has 0 unspecified atom stereocenters. The van der Waals surface area contributed by atoms with Gasteiger partial charge in [-0.1, -0.05) is 8.96 Å². The Morgan fingerprint density at radius 3 is 2.08 bits per heavy atom. The van der Waals surface area contributed by atoms with Crippen molar-refractivity contribution >= 4 is 11.7 Å². The lowest BCUT2D eigenvalue weighted by Crippen LogP contribution is -1.98. The van der Waals surface area contributed by atoms with E-state index in [2.05, 4.69) is 0 Å². The maximum Gasteiger partial charge on any atom is 0.335 e. The Hall–Kier alpha value is -1.65. The van der Waals surface area contributed by atoms with Gasteiger partial charge in [-0.25, -0.2) is 4.79 Å². The maximum absolute atomic E-state index is 11.8. The van der Waals surface area contributed by atoms with Gasteiger partial charge in [0.05, 0.1) is 5.56 Å². The van der Waals surface area contributed by atoms with Crippen LogP contribution in [0.25, 0.3) is 0 Å². The molecule has 1 N–H and O–H groups in total. The first-order valence-electron chi connectivity index (χ1n) is 3.06. The predicted octanol–water partition coefficient (Wildman–Crippen LogP) is 1.96. The monoisotopic (exact) mass is 173 g/mol. The number of anilines is 1. The Morgan fingerprint density at radius 1 is 1.25 bits per heavy atom. The van der Waals surface area contributed by atoms with E-state index in [-0.39, 0.29) is 11.3 Å². The minimum Gasteiger partial charge on any atom is -0.478 e. The molecule has 0 aromatic heterocycles. The van der Waals surface area contributed by atoms with E-state index in [9.17, 15) is 13.8 Å². The van der Waals surface area contributed by atoms with Crippen LogP contribution >= 0.6 is 0 Å². The molecule has 0 bridgehead atoms. The second-order valence-electron chi connectivity index (χ2n) is 2.08. The minimum atomic E-state index is -1.13. The average Bonchev–Trinajstić information content (AvgIpc) is 2.04. The third-order valence-corrected chi connectivity index (χ3v) is 1.31. The van der Waals surface area contributed by atoms with Crippen molar-refractivity contribution in [1.29, 1.82) is 0 Å². The van der Waals surface area contributed by atoms with E-state index in [1.165, 1.54) is 0 Å². The third-order valence-electron chi connectivity index (χ3n) is 1.31. The summed E-state index contributed by atoms with van der Waals surface area (Å²) in [6.07, 6.45) is 0. The van der Waals surface area contributed by atoms with Crippen LogP contribution in [0, 0.1) is 0 Å². The summed E-state index contributed by atoms with van der Waals surface area (Å²) >= 11 is 0. The number of carboxylic acid groups (broad SMARTS) is 1. The number of carbonyl (C=O) groups is 1. The summed E-state index contributed by atoms with van der Waals surface area (Å²) in [4.78, 5) is 10.3. The van der Waals surface area contributed by atoms with Crippen LogP contribution in [0.15, 0.2) is 24.3 Å². The highest BCUT2D eigenvalue weighted by Gasteiger charge is 2.05. The molecule has 1 aromatic rings. The SMILES string of the molecule is O=C(O)c1ccc(N(F)F)cc1. The summed E-state index contributed by atoms with van der Waals surface area (Å²) in [5.74, 6) is -1.13. The van der Waals surface area contributed by atoms with Crippen molar-refractivity contribution in [3.63, 3.8) is 0 Å². The molecular formula is C7H5F2NO2. The van der Waals surface area contributed by atoms with Gasteiger partial charge in [-0.05, 0) is 29.6 Å². The van der Waals surface area contributed by atoms with Crippen molar-refractivity contribution in [3.05, 3.63) is 29.8 Å². The fourth-order valence-electron chi connectivity index (χ4n) is 0.717. The van der Waals surface area contributed by atoms with Crippen molar-refractivity contribution in [2.75, 3.05) is 5.34 Å². The normalized spacial score (nSPS) is 9.50. The van der Waals surface area contributed by atoms with E-state index in [0.29, 0.717) is 0 Å². The molecule has 5 heteroatoms. The summed E-state index contributed by atoms with van der Waals surface area (Å²) in [5.41, 5.74) is -0.347. The predicted molar refractivity (Wildman–Crippen MR) is 38.1 cm³/mol. The first-order chi connectivity index (χ1) is 5.61. The molecular weight excluding hydrogens is 168 g/mol. The Balaban J connectivity index is 2.93. The number of hydrogen-bond donors (Lipinski definition) is 1. The van der Waals surface area contributed by atoms with E-state index in [1.54, 1.807) is 0 Å². The molecule has 0 heterocycles. The van der Waals surface area contributed by atoms with Gasteiger partial charge in [-0.2, -0.15) is 0 Å². The van der Waals surface area contributed by atoms with Crippen LogP contribution in [0.4, 0.5) is 14.6 Å². The number of halogens is 2. The standard InChI is InChI=1S/C7H5F2NO2/c8-10(9)6-3-1-5(2-4-6)7(11)12/h1-4H,(H,11,12). The van der Waals surface area contributed by atoms with Crippen molar-refractivity contribution in [1.82, 2.24) is 0 Å². The number of aromatic carboxylic acids is 1. The zero-order valence-electron chi connectivity index (χ0n) is 5.87. The van der Waals surface area contributed by atoms with E-state index in [1.807, 2.05) is 0 Å². The van der Waals surface area contributed by atoms with Gasteiger partial charge in [0, 0.05) is 0 Å². The summed E-state index contributed by atoms with van der Waals surface area (Å²) in [7, 11) is 0. The van der Waals surface area contributed by atoms with Crippen molar-refractivity contribution in [2.24, 2.45) is 0 Å². The van der Waals surface area contributed by atoms with E-state index < -0.39 is 11.3 Å². The van der Waals surface area contributed by atoms with E-state index in [4.69, 9.17) is 5.11 Å². The van der Waals surface area contributed by atoms with Crippen LogP contribution in [0.3, 0.4) is 0 Å². The number of benzene rings is 1. The maximum atomic E-state index is 11.8. The van der Waals surface area contributed by atoms with Crippen LogP contribution in [-0.2, 0) is 0 Å². The highest BCUT2D eigenvalue weighted by Crippen LogP contribution is 2.15. The summed E-state index contributed by atoms with van der Waals surface area (Å²) in [6.45, 7) is 0. The van der Waals surface area contributed by atoms with Crippen molar-refractivity contribution in [2.45, 2.75) is 0 Å². The molecule has 0 saturated heterocycles. The van der Waals surface area contributed by atoms with Gasteiger partial charge in [0.1, 0.15) is 5.69 Å². The van der Waals surface area contributed by atoms with Gasteiger partial charge in [-0.3, -0.25) is 0 Å². The molecule has 12 heavy (non-hydrogen) atoms. The molecule has 1 aromatic carbocycles. The minimum absolute atomic E-state index is 0.0133. The Bertz CT molecular complexity index is 284. The number of rotatable bonds is 2. The molecule has 0 fully saturated rings. The molecule has 0 aliphatic carbocycles. The largest absolute Gasteiger partial charge is 0.478 e. The molecule has 64 valence electrons. The van der Waals surface area contributed by atoms with Gasteiger partial charge < -0.3 is 5.11 Å². The lowest BCUT2D eigenvalue weighted by molar-refractivity contribution is 0.0697. The van der Waals surface area contributed by atoms with E-state index in [0.717, 1.165) is 24.3 Å². The quantitative estimate of drug-likeness (QED) is 0.695. The first kappa shape index (κ1) is 8.45. The van der Waals surface area contributed by atoms with Gasteiger partial charge in [0.2, 0.25) is 0 Å². The van der Waals surface area contributed by atoms with E-state index >= 15 is 0 Å². The molecule has 0 saturated carbocycles. The number of hydrogen-bond acceptors (Lipinski definition) is 2. The second kappa shape index (κ2) is 3.17. The Morgan fingerprint density at radius 2 is 1.75 bits per heavy atom. The molecule has 0 spiro atoms. The molecule has 0 aliphatic rings. The highest BCUT2D eigenvalue weighted by molar-refractivity contribution is 5.87. The van der Waals surface area contributed by atoms with Crippen LogP contribution < -0.4 is 5.34 Å². The average molecular weight is 173 g/mol. The molecule has 0 aliphatic heterocycles. The number of carboxylic acids is 1. The zero-order chi connectivity index (χ0) is 9.14. The molecule has 0 radical (unpaired) electrons. The fraction of sp³-hybridized carbons (Fsp3) is 0. The zero-order valence-corrected chi connectivity index (χ0v) is 5.87. The highest BCUT2D eigenvalue weighted by atomic mass is 19.4. The smallest absolute Gasteiger partial charge is 0.335 e. The molecule has 0 atom stereocenters. The van der Waals surface area contributed by atoms with Gasteiger partial charge in [0.15, 0.2) is 0 Å². The van der Waals surface area contributed by atoms with Crippen molar-refractivity contribution in [3.8, 4) is 0 Å². The Labute approximate surface area is 66.7 Å². The van der Waals surface area contributed by atoms with Crippen LogP contribution in [0.2, 0.25) is 0 Å². The molecule has 0 amide bonds. The van der Waals surface area contributed by atoms with Crippen molar-refractivity contribution < 1.29 is 18.9 Å². The Kier molecular flexibility index (Phi) is 2.23. The first-order valence-corrected chi connectivity index (χ1v) is 3.06.